The Morgan fingerprint density at radius 2 is 1.62 bits per heavy atom. The molecule has 0 atom stereocenters. The summed E-state index contributed by atoms with van der Waals surface area (Å²) in [4.78, 5) is 25.3. The van der Waals surface area contributed by atoms with Crippen molar-refractivity contribution >= 4 is 38.9 Å². The lowest BCUT2D eigenvalue weighted by molar-refractivity contribution is 0.101. The van der Waals surface area contributed by atoms with Crippen LogP contribution in [0.4, 0.5) is 17.1 Å². The van der Waals surface area contributed by atoms with E-state index in [1.165, 1.54) is 0 Å². The van der Waals surface area contributed by atoms with Gasteiger partial charge in [-0.25, -0.2) is 0 Å². The summed E-state index contributed by atoms with van der Waals surface area (Å²) in [7, 11) is 0. The van der Waals surface area contributed by atoms with Crippen LogP contribution in [-0.2, 0) is 0 Å². The van der Waals surface area contributed by atoms with Crippen molar-refractivity contribution in [1.29, 1.82) is 0 Å². The summed E-state index contributed by atoms with van der Waals surface area (Å²) in [6.07, 6.45) is 0. The number of aromatic nitrogens is 2. The van der Waals surface area contributed by atoms with Crippen molar-refractivity contribution in [1.82, 2.24) is 9.78 Å². The van der Waals surface area contributed by atoms with E-state index in [4.69, 9.17) is 0 Å². The molecule has 0 aliphatic carbocycles. The Labute approximate surface area is 192 Å². The van der Waals surface area contributed by atoms with Crippen LogP contribution in [0.3, 0.4) is 0 Å². The van der Waals surface area contributed by atoms with Gasteiger partial charge in [-0.2, -0.15) is 9.78 Å². The van der Waals surface area contributed by atoms with Crippen molar-refractivity contribution in [3.63, 3.8) is 0 Å². The molecular weight excluding hydrogens is 472 g/mol. The minimum atomic E-state index is -0.647. The van der Waals surface area contributed by atoms with Crippen molar-refractivity contribution in [3.8, 4) is 11.4 Å². The lowest BCUT2D eigenvalue weighted by Crippen LogP contribution is -2.25. The van der Waals surface area contributed by atoms with E-state index in [0.29, 0.717) is 17.1 Å². The Kier molecular flexibility index (Phi) is 6.04. The van der Waals surface area contributed by atoms with Gasteiger partial charge in [-0.15, -0.1) is 0 Å². The minimum Gasteiger partial charge on any atom is -0.505 e. The van der Waals surface area contributed by atoms with Crippen LogP contribution in [0.15, 0.2) is 88.1 Å². The molecule has 0 aliphatic heterocycles. The van der Waals surface area contributed by atoms with Crippen LogP contribution in [0, 0.1) is 6.92 Å². The highest BCUT2D eigenvalue weighted by atomic mass is 79.9. The van der Waals surface area contributed by atoms with Crippen molar-refractivity contribution in [3.05, 3.63) is 105 Å². The number of para-hydroxylation sites is 2. The summed E-state index contributed by atoms with van der Waals surface area (Å²) in [6, 6.07) is 22.9. The van der Waals surface area contributed by atoms with Crippen LogP contribution >= 0.6 is 15.9 Å². The first-order valence-electron chi connectivity index (χ1n) is 9.74. The fraction of sp³-hybridized carbons (Fsp3) is 0.0417. The average Bonchev–Trinajstić information content (AvgIpc) is 2.77. The van der Waals surface area contributed by atoms with E-state index in [9.17, 15) is 14.7 Å². The maximum Gasteiger partial charge on any atom is 0.280 e. The zero-order valence-electron chi connectivity index (χ0n) is 17.0. The smallest absolute Gasteiger partial charge is 0.280 e. The predicted molar refractivity (Wildman–Crippen MR) is 128 cm³/mol. The van der Waals surface area contributed by atoms with E-state index >= 15 is 0 Å². The molecule has 7 nitrogen and oxygen atoms in total. The predicted octanol–water partition coefficient (Wildman–Crippen LogP) is 5.00. The van der Waals surface area contributed by atoms with Crippen LogP contribution in [0.25, 0.3) is 5.69 Å². The van der Waals surface area contributed by atoms with Crippen LogP contribution in [0.5, 0.6) is 5.75 Å². The number of aryl methyl sites for hydroxylation is 1. The lowest BCUT2D eigenvalue weighted by atomic mass is 10.2. The summed E-state index contributed by atoms with van der Waals surface area (Å²) in [5, 5.41) is 20.3. The van der Waals surface area contributed by atoms with Gasteiger partial charge in [-0.3, -0.25) is 9.59 Å². The number of carbonyl (C=O) groups is 1. The largest absolute Gasteiger partial charge is 0.505 e. The second-order valence-electron chi connectivity index (χ2n) is 7.10. The third-order valence-electron chi connectivity index (χ3n) is 4.70. The highest BCUT2D eigenvalue weighted by Crippen LogP contribution is 2.26. The Balaban J connectivity index is 1.63. The molecule has 3 N–H and O–H groups in total. The molecule has 3 aromatic carbocycles. The second kappa shape index (κ2) is 9.07. The van der Waals surface area contributed by atoms with Gasteiger partial charge in [0.1, 0.15) is 0 Å². The van der Waals surface area contributed by atoms with Crippen molar-refractivity contribution in [2.24, 2.45) is 0 Å². The van der Waals surface area contributed by atoms with Gasteiger partial charge in [0.2, 0.25) is 0 Å². The van der Waals surface area contributed by atoms with Crippen molar-refractivity contribution < 1.29 is 9.90 Å². The topological polar surface area (TPSA) is 96.2 Å². The number of carbonyl (C=O) groups excluding carboxylic acids is 1. The second-order valence-corrected chi connectivity index (χ2v) is 8.01. The molecule has 0 bridgehead atoms. The fourth-order valence-electron chi connectivity index (χ4n) is 3.05. The molecule has 0 saturated heterocycles. The van der Waals surface area contributed by atoms with Crippen LogP contribution < -0.4 is 16.2 Å². The molecule has 1 heterocycles. The molecule has 0 fully saturated rings. The maximum absolute atomic E-state index is 12.9. The molecule has 8 heteroatoms. The third kappa shape index (κ3) is 4.70. The van der Waals surface area contributed by atoms with E-state index in [1.807, 2.05) is 43.3 Å². The molecular formula is C24H19BrN4O3. The van der Waals surface area contributed by atoms with E-state index < -0.39 is 17.2 Å². The summed E-state index contributed by atoms with van der Waals surface area (Å²) >= 11 is 3.34. The van der Waals surface area contributed by atoms with Crippen LogP contribution in [-0.4, -0.2) is 20.8 Å². The van der Waals surface area contributed by atoms with Gasteiger partial charge in [0.25, 0.3) is 11.5 Å². The highest BCUT2D eigenvalue weighted by Gasteiger charge is 2.18. The molecule has 0 saturated carbocycles. The number of amides is 1. The summed E-state index contributed by atoms with van der Waals surface area (Å²) in [5.74, 6) is -1.14. The number of nitrogens with zero attached hydrogens (tertiary/aromatic N) is 2. The number of benzene rings is 3. The van der Waals surface area contributed by atoms with Gasteiger partial charge in [0.15, 0.2) is 11.4 Å². The summed E-state index contributed by atoms with van der Waals surface area (Å²) in [5.41, 5.74) is 2.82. The molecule has 4 rings (SSSR count). The normalized spacial score (nSPS) is 10.6. The molecule has 0 radical (unpaired) electrons. The molecule has 160 valence electrons. The molecule has 1 aromatic heterocycles. The maximum atomic E-state index is 12.9. The Morgan fingerprint density at radius 3 is 2.31 bits per heavy atom. The van der Waals surface area contributed by atoms with Crippen molar-refractivity contribution in [2.75, 3.05) is 10.6 Å². The Hall–Kier alpha value is -3.91. The molecule has 1 amide bonds. The first kappa shape index (κ1) is 21.3. The highest BCUT2D eigenvalue weighted by molar-refractivity contribution is 9.10. The van der Waals surface area contributed by atoms with Crippen LogP contribution in [0.2, 0.25) is 0 Å². The quantitative estimate of drug-likeness (QED) is 0.365. The number of anilines is 3. The first-order chi connectivity index (χ1) is 15.4. The molecule has 0 unspecified atom stereocenters. The third-order valence-corrected chi connectivity index (χ3v) is 5.23. The molecule has 4 aromatic rings. The number of hydrogen-bond acceptors (Lipinski definition) is 5. The SMILES string of the molecule is Cc1ccc(Nc2ccccc2NC(=O)c2nn(-c3ccc(Br)cc3)c(=O)cc2O)cc1. The van der Waals surface area contributed by atoms with E-state index in [2.05, 4.69) is 31.7 Å². The first-order valence-corrected chi connectivity index (χ1v) is 10.5. The molecule has 0 spiro atoms. The standard InChI is InChI=1S/C24H19BrN4O3/c1-15-6-10-17(11-7-15)26-19-4-2-3-5-20(19)27-24(32)23-21(30)14-22(31)29(28-23)18-12-8-16(25)9-13-18/h2-14,26,30H,1H3,(H,27,32). The van der Waals surface area contributed by atoms with Gasteiger partial charge in [0.05, 0.1) is 17.1 Å². The number of hydrogen-bond donors (Lipinski definition) is 3. The van der Waals surface area contributed by atoms with E-state index in [-0.39, 0.29) is 5.69 Å². The van der Waals surface area contributed by atoms with Gasteiger partial charge in [-0.1, -0.05) is 45.8 Å². The average molecular weight is 491 g/mol. The molecule has 0 aliphatic rings. The Bertz CT molecular complexity index is 1330. The van der Waals surface area contributed by atoms with E-state index in [1.54, 1.807) is 36.4 Å². The minimum absolute atomic E-state index is 0.266. The van der Waals surface area contributed by atoms with E-state index in [0.717, 1.165) is 26.5 Å². The monoisotopic (exact) mass is 490 g/mol. The Morgan fingerprint density at radius 1 is 0.969 bits per heavy atom. The number of rotatable bonds is 5. The van der Waals surface area contributed by atoms with Gasteiger partial charge >= 0.3 is 0 Å². The van der Waals surface area contributed by atoms with Crippen LogP contribution in [0.1, 0.15) is 16.1 Å². The zero-order valence-corrected chi connectivity index (χ0v) is 18.6. The number of halogens is 1. The van der Waals surface area contributed by atoms with Gasteiger partial charge in [-0.05, 0) is 55.5 Å². The number of nitrogens with one attached hydrogen (secondary N) is 2. The van der Waals surface area contributed by atoms with Gasteiger partial charge in [0, 0.05) is 16.2 Å². The summed E-state index contributed by atoms with van der Waals surface area (Å²) < 4.78 is 1.90. The van der Waals surface area contributed by atoms with Crippen molar-refractivity contribution in [2.45, 2.75) is 6.92 Å². The van der Waals surface area contributed by atoms with Gasteiger partial charge < -0.3 is 15.7 Å². The fourth-order valence-corrected chi connectivity index (χ4v) is 3.32. The summed E-state index contributed by atoms with van der Waals surface area (Å²) in [6.45, 7) is 2.01. The zero-order chi connectivity index (χ0) is 22.7. The molecule has 32 heavy (non-hydrogen) atoms. The lowest BCUT2D eigenvalue weighted by Gasteiger charge is -2.14. The number of aromatic hydroxyl groups is 1.